The van der Waals surface area contributed by atoms with Crippen molar-refractivity contribution < 1.29 is 4.79 Å². The van der Waals surface area contributed by atoms with E-state index < -0.39 is 0 Å². The van der Waals surface area contributed by atoms with Crippen molar-refractivity contribution in [2.24, 2.45) is 0 Å². The first-order chi connectivity index (χ1) is 10.1. The molecule has 0 fully saturated rings. The van der Waals surface area contributed by atoms with Gasteiger partial charge in [0.15, 0.2) is 6.29 Å². The fraction of sp³-hybridized carbons (Fsp3) is 0.312. The molecule has 0 unspecified atom stereocenters. The Bertz CT molecular complexity index is 632. The third kappa shape index (κ3) is 3.82. The lowest BCUT2D eigenvalue weighted by Gasteiger charge is -2.06. The number of nitrogens with one attached hydrogen (secondary N) is 1. The van der Waals surface area contributed by atoms with Crippen LogP contribution in [0, 0.1) is 6.92 Å². The van der Waals surface area contributed by atoms with Gasteiger partial charge in [-0.1, -0.05) is 25.4 Å². The van der Waals surface area contributed by atoms with Crippen LogP contribution in [0.15, 0.2) is 23.1 Å². The molecule has 1 heterocycles. The van der Waals surface area contributed by atoms with E-state index in [9.17, 15) is 4.79 Å². The average molecular weight is 340 g/mol. The van der Waals surface area contributed by atoms with Crippen molar-refractivity contribution in [1.29, 1.82) is 0 Å². The number of thiophene rings is 1. The lowest BCUT2D eigenvalue weighted by Crippen LogP contribution is -1.93. The van der Waals surface area contributed by atoms with Crippen LogP contribution in [0.1, 0.15) is 40.2 Å². The van der Waals surface area contributed by atoms with Crippen LogP contribution in [0.4, 0.5) is 5.00 Å². The highest BCUT2D eigenvalue weighted by Gasteiger charge is 2.15. The number of benzene rings is 1. The van der Waals surface area contributed by atoms with E-state index in [4.69, 9.17) is 11.6 Å². The number of halogens is 1. The number of aldehydes is 1. The molecule has 1 N–H and O–H groups in total. The lowest BCUT2D eigenvalue weighted by molar-refractivity contribution is 0.112. The van der Waals surface area contributed by atoms with Crippen LogP contribution in [0.5, 0.6) is 0 Å². The summed E-state index contributed by atoms with van der Waals surface area (Å²) >= 11 is 9.23. The number of carbonyl (C=O) groups is 1. The van der Waals surface area contributed by atoms with Gasteiger partial charge < -0.3 is 4.72 Å². The molecule has 0 aliphatic carbocycles. The summed E-state index contributed by atoms with van der Waals surface area (Å²) in [6, 6.07) is 5.92. The smallest absolute Gasteiger partial charge is 0.153 e. The van der Waals surface area contributed by atoms with Gasteiger partial charge in [-0.15, -0.1) is 11.3 Å². The summed E-state index contributed by atoms with van der Waals surface area (Å²) < 4.78 is 3.31. The second-order valence-electron chi connectivity index (χ2n) is 4.74. The van der Waals surface area contributed by atoms with Crippen molar-refractivity contribution >= 4 is 46.2 Å². The van der Waals surface area contributed by atoms with Crippen molar-refractivity contribution in [2.75, 3.05) is 4.72 Å². The van der Waals surface area contributed by atoms with Gasteiger partial charge in [0.25, 0.3) is 0 Å². The largest absolute Gasteiger partial charge is 0.317 e. The average Bonchev–Trinajstić information content (AvgIpc) is 2.80. The molecule has 0 saturated heterocycles. The number of hydrogen-bond donors (Lipinski definition) is 1. The topological polar surface area (TPSA) is 29.1 Å². The molecule has 0 radical (unpaired) electrons. The minimum atomic E-state index is 0.726. The van der Waals surface area contributed by atoms with E-state index >= 15 is 0 Å². The molecule has 0 saturated carbocycles. The second kappa shape index (κ2) is 7.34. The molecule has 0 aliphatic rings. The Morgan fingerprint density at radius 3 is 2.62 bits per heavy atom. The van der Waals surface area contributed by atoms with Crippen molar-refractivity contribution in [3.63, 3.8) is 0 Å². The fourth-order valence-corrected chi connectivity index (χ4v) is 4.71. The van der Waals surface area contributed by atoms with Crippen LogP contribution >= 0.6 is 34.9 Å². The monoisotopic (exact) mass is 339 g/mol. The van der Waals surface area contributed by atoms with E-state index in [2.05, 4.69) is 24.6 Å². The number of carbonyl (C=O) groups excluding carboxylic acids is 1. The number of anilines is 1. The van der Waals surface area contributed by atoms with Crippen LogP contribution < -0.4 is 4.72 Å². The summed E-state index contributed by atoms with van der Waals surface area (Å²) in [5, 5.41) is 1.66. The Morgan fingerprint density at radius 1 is 1.29 bits per heavy atom. The Balaban J connectivity index is 2.23. The van der Waals surface area contributed by atoms with Gasteiger partial charge in [0.05, 0.1) is 5.56 Å². The van der Waals surface area contributed by atoms with Crippen molar-refractivity contribution in [3.05, 3.63) is 44.8 Å². The van der Waals surface area contributed by atoms with E-state index in [1.165, 1.54) is 22.4 Å². The van der Waals surface area contributed by atoms with Gasteiger partial charge in [0.1, 0.15) is 5.00 Å². The standard InChI is InChI=1S/C16H18ClNOS2/c1-4-13-14(9-19)16(20-15(13)5-2)18-21-12-7-10(3)6-11(17)8-12/h6-9,18H,4-5H2,1-3H3. The van der Waals surface area contributed by atoms with E-state index in [-0.39, 0.29) is 0 Å². The Morgan fingerprint density at radius 2 is 2.05 bits per heavy atom. The molecule has 0 amide bonds. The predicted molar refractivity (Wildman–Crippen MR) is 94.1 cm³/mol. The molecule has 5 heteroatoms. The van der Waals surface area contributed by atoms with Crippen LogP contribution in [0.25, 0.3) is 0 Å². The second-order valence-corrected chi connectivity index (χ2v) is 7.16. The summed E-state index contributed by atoms with van der Waals surface area (Å²) in [7, 11) is 0. The van der Waals surface area contributed by atoms with Gasteiger partial charge in [-0.2, -0.15) is 0 Å². The molecule has 1 aromatic carbocycles. The molecule has 0 bridgehead atoms. The van der Waals surface area contributed by atoms with Gasteiger partial charge in [0.2, 0.25) is 0 Å². The van der Waals surface area contributed by atoms with E-state index in [0.717, 1.165) is 45.2 Å². The summed E-state index contributed by atoms with van der Waals surface area (Å²) in [4.78, 5) is 13.7. The minimum absolute atomic E-state index is 0.726. The zero-order valence-corrected chi connectivity index (χ0v) is 14.7. The zero-order valence-electron chi connectivity index (χ0n) is 12.3. The normalized spacial score (nSPS) is 10.7. The minimum Gasteiger partial charge on any atom is -0.317 e. The van der Waals surface area contributed by atoms with E-state index in [1.807, 2.05) is 19.1 Å². The summed E-state index contributed by atoms with van der Waals surface area (Å²) in [5.74, 6) is 0. The van der Waals surface area contributed by atoms with Crippen LogP contribution in [0.2, 0.25) is 5.02 Å². The van der Waals surface area contributed by atoms with Crippen LogP contribution in [-0.2, 0) is 12.8 Å². The van der Waals surface area contributed by atoms with Crippen molar-refractivity contribution in [3.8, 4) is 0 Å². The van der Waals surface area contributed by atoms with Crippen molar-refractivity contribution in [2.45, 2.75) is 38.5 Å². The molecular weight excluding hydrogens is 322 g/mol. The Hall–Kier alpha value is -0.970. The molecule has 1 aromatic heterocycles. The van der Waals surface area contributed by atoms with E-state index in [0.29, 0.717) is 0 Å². The molecule has 0 spiro atoms. The molecule has 0 atom stereocenters. The summed E-state index contributed by atoms with van der Waals surface area (Å²) in [6.07, 6.45) is 2.80. The number of hydrogen-bond acceptors (Lipinski definition) is 4. The number of rotatable bonds is 6. The van der Waals surface area contributed by atoms with E-state index in [1.54, 1.807) is 11.3 Å². The maximum absolute atomic E-state index is 11.4. The highest BCUT2D eigenvalue weighted by molar-refractivity contribution is 8.00. The zero-order chi connectivity index (χ0) is 15.4. The SMILES string of the molecule is CCc1sc(NSc2cc(C)cc(Cl)c2)c(C=O)c1CC. The van der Waals surface area contributed by atoms with Crippen LogP contribution in [-0.4, -0.2) is 6.29 Å². The van der Waals surface area contributed by atoms with Gasteiger partial charge in [-0.25, -0.2) is 0 Å². The molecular formula is C16H18ClNOS2. The van der Waals surface area contributed by atoms with Gasteiger partial charge in [-0.05, 0) is 61.0 Å². The van der Waals surface area contributed by atoms with Crippen molar-refractivity contribution in [1.82, 2.24) is 0 Å². The molecule has 2 rings (SSSR count). The maximum Gasteiger partial charge on any atom is 0.153 e. The molecule has 2 aromatic rings. The highest BCUT2D eigenvalue weighted by Crippen LogP contribution is 2.36. The number of aryl methyl sites for hydroxylation is 2. The molecule has 2 nitrogen and oxygen atoms in total. The third-order valence-electron chi connectivity index (χ3n) is 3.20. The predicted octanol–water partition coefficient (Wildman–Crippen LogP) is 5.77. The first-order valence-corrected chi connectivity index (χ1v) is 8.89. The first-order valence-electron chi connectivity index (χ1n) is 6.88. The van der Waals surface area contributed by atoms with Gasteiger partial charge in [0, 0.05) is 14.8 Å². The fourth-order valence-electron chi connectivity index (χ4n) is 2.27. The van der Waals surface area contributed by atoms with Gasteiger partial charge in [-0.3, -0.25) is 4.79 Å². The lowest BCUT2D eigenvalue weighted by atomic mass is 10.1. The third-order valence-corrected chi connectivity index (χ3v) is 5.63. The molecule has 112 valence electrons. The summed E-state index contributed by atoms with van der Waals surface area (Å²) in [5.41, 5.74) is 3.09. The summed E-state index contributed by atoms with van der Waals surface area (Å²) in [6.45, 7) is 6.23. The highest BCUT2D eigenvalue weighted by atomic mass is 35.5. The maximum atomic E-state index is 11.4. The Kier molecular flexibility index (Phi) is 5.73. The Labute approximate surface area is 139 Å². The van der Waals surface area contributed by atoms with Gasteiger partial charge >= 0.3 is 0 Å². The molecule has 21 heavy (non-hydrogen) atoms. The van der Waals surface area contributed by atoms with Crippen LogP contribution in [0.3, 0.4) is 0 Å². The first kappa shape index (κ1) is 16.4. The quantitative estimate of drug-likeness (QED) is 0.535. The molecule has 0 aliphatic heterocycles.